The molecule has 108 valence electrons. The normalized spacial score (nSPS) is 21.2. The van der Waals surface area contributed by atoms with Gasteiger partial charge in [-0.15, -0.1) is 0 Å². The highest BCUT2D eigenvalue weighted by molar-refractivity contribution is 6.30. The fourth-order valence-corrected chi connectivity index (χ4v) is 2.64. The summed E-state index contributed by atoms with van der Waals surface area (Å²) in [7, 11) is 0. The lowest BCUT2D eigenvalue weighted by Crippen LogP contribution is -2.46. The third-order valence-electron chi connectivity index (χ3n) is 3.78. The molecule has 4 amide bonds. The van der Waals surface area contributed by atoms with Crippen molar-refractivity contribution in [3.8, 4) is 0 Å². The Kier molecular flexibility index (Phi) is 2.97. The Morgan fingerprint density at radius 1 is 1.24 bits per heavy atom. The molecule has 2 aliphatic rings. The zero-order valence-corrected chi connectivity index (χ0v) is 11.1. The van der Waals surface area contributed by atoms with Crippen LogP contribution in [0.25, 0.3) is 0 Å². The van der Waals surface area contributed by atoms with E-state index in [1.807, 2.05) is 0 Å². The molecular formula is C14H13N3O4. The number of nitrogens with two attached hydrogens (primary N) is 1. The van der Waals surface area contributed by atoms with Gasteiger partial charge < -0.3 is 11.1 Å². The molecule has 2 aliphatic heterocycles. The first kappa shape index (κ1) is 13.3. The van der Waals surface area contributed by atoms with Crippen LogP contribution < -0.4 is 11.1 Å². The Labute approximate surface area is 120 Å². The van der Waals surface area contributed by atoms with Gasteiger partial charge in [-0.1, -0.05) is 6.07 Å². The highest BCUT2D eigenvalue weighted by Gasteiger charge is 2.43. The first-order valence-electron chi connectivity index (χ1n) is 6.58. The summed E-state index contributed by atoms with van der Waals surface area (Å²) in [5.74, 6) is -2.61. The van der Waals surface area contributed by atoms with Gasteiger partial charge in [0.25, 0.3) is 11.8 Å². The average Bonchev–Trinajstić information content (AvgIpc) is 2.72. The van der Waals surface area contributed by atoms with Gasteiger partial charge in [0.2, 0.25) is 11.8 Å². The second kappa shape index (κ2) is 4.69. The molecule has 3 N–H and O–H groups in total. The average molecular weight is 287 g/mol. The molecule has 1 aromatic carbocycles. The van der Waals surface area contributed by atoms with Crippen molar-refractivity contribution in [3.05, 3.63) is 29.3 Å². The van der Waals surface area contributed by atoms with Gasteiger partial charge >= 0.3 is 0 Å². The molecule has 7 heteroatoms. The monoisotopic (exact) mass is 287 g/mol. The maximum atomic E-state index is 12.4. The number of amides is 4. The largest absolute Gasteiger partial charge is 0.398 e. The molecule has 1 unspecified atom stereocenters. The number of imide groups is 3. The molecule has 0 spiro atoms. The van der Waals surface area contributed by atoms with Crippen LogP contribution in [0, 0.1) is 5.92 Å². The van der Waals surface area contributed by atoms with Crippen LogP contribution in [0.2, 0.25) is 0 Å². The molecule has 21 heavy (non-hydrogen) atoms. The van der Waals surface area contributed by atoms with E-state index < -0.39 is 23.6 Å². The molecule has 0 saturated carbocycles. The van der Waals surface area contributed by atoms with Crippen molar-refractivity contribution in [2.45, 2.75) is 12.8 Å². The van der Waals surface area contributed by atoms with E-state index in [1.54, 1.807) is 6.07 Å². The molecule has 1 saturated heterocycles. The van der Waals surface area contributed by atoms with Crippen LogP contribution in [-0.2, 0) is 9.59 Å². The van der Waals surface area contributed by atoms with Crippen LogP contribution >= 0.6 is 0 Å². The van der Waals surface area contributed by atoms with Gasteiger partial charge in [0.05, 0.1) is 17.0 Å². The second-order valence-corrected chi connectivity index (χ2v) is 5.09. The molecule has 0 bridgehead atoms. The van der Waals surface area contributed by atoms with E-state index in [2.05, 4.69) is 5.32 Å². The summed E-state index contributed by atoms with van der Waals surface area (Å²) >= 11 is 0. The minimum Gasteiger partial charge on any atom is -0.398 e. The maximum Gasteiger partial charge on any atom is 0.270 e. The van der Waals surface area contributed by atoms with Crippen molar-refractivity contribution in [2.75, 3.05) is 12.3 Å². The summed E-state index contributed by atoms with van der Waals surface area (Å²) in [6.45, 7) is 0.139. The van der Waals surface area contributed by atoms with Crippen molar-refractivity contribution in [2.24, 2.45) is 5.92 Å². The lowest BCUT2D eigenvalue weighted by Gasteiger charge is -2.24. The molecule has 3 rings (SSSR count). The molecule has 2 heterocycles. The molecular weight excluding hydrogens is 274 g/mol. The third kappa shape index (κ3) is 1.97. The van der Waals surface area contributed by atoms with Gasteiger partial charge in [-0.05, 0) is 18.6 Å². The van der Waals surface area contributed by atoms with Crippen molar-refractivity contribution in [3.63, 3.8) is 0 Å². The number of fused-ring (bicyclic) bond motifs is 1. The number of carbonyl (C=O) groups excluding carboxylic acids is 4. The number of benzene rings is 1. The number of nitrogen functional groups attached to an aromatic ring is 1. The number of nitrogens with one attached hydrogen (secondary N) is 1. The van der Waals surface area contributed by atoms with Crippen LogP contribution in [0.5, 0.6) is 0 Å². The SMILES string of the molecule is Nc1cccc2c1C(=O)N(C(=O)C1CCC(=O)NC1)C2=O. The van der Waals surface area contributed by atoms with Crippen LogP contribution in [0.4, 0.5) is 5.69 Å². The Hall–Kier alpha value is -2.70. The highest BCUT2D eigenvalue weighted by atomic mass is 16.2. The van der Waals surface area contributed by atoms with Gasteiger partial charge in [-0.3, -0.25) is 19.2 Å². The number of anilines is 1. The summed E-state index contributed by atoms with van der Waals surface area (Å²) < 4.78 is 0. The number of hydrogen-bond acceptors (Lipinski definition) is 5. The Bertz CT molecular complexity index is 673. The van der Waals surface area contributed by atoms with Gasteiger partial charge in [0.1, 0.15) is 0 Å². The molecule has 7 nitrogen and oxygen atoms in total. The quantitative estimate of drug-likeness (QED) is 0.554. The number of carbonyl (C=O) groups is 4. The van der Waals surface area contributed by atoms with Crippen LogP contribution in [0.1, 0.15) is 33.6 Å². The summed E-state index contributed by atoms with van der Waals surface area (Å²) in [6.07, 6.45) is 0.537. The van der Waals surface area contributed by atoms with Gasteiger partial charge in [0.15, 0.2) is 0 Å². The van der Waals surface area contributed by atoms with E-state index in [0.717, 1.165) is 0 Å². The fraction of sp³-hybridized carbons (Fsp3) is 0.286. The van der Waals surface area contributed by atoms with Crippen molar-refractivity contribution >= 4 is 29.3 Å². The maximum absolute atomic E-state index is 12.4. The van der Waals surface area contributed by atoms with E-state index in [-0.39, 0.29) is 35.7 Å². The van der Waals surface area contributed by atoms with Gasteiger partial charge in [-0.25, -0.2) is 4.90 Å². The minimum atomic E-state index is -0.685. The van der Waals surface area contributed by atoms with E-state index >= 15 is 0 Å². The summed E-state index contributed by atoms with van der Waals surface area (Å²) in [5, 5.41) is 2.56. The number of piperidine rings is 1. The third-order valence-corrected chi connectivity index (χ3v) is 3.78. The highest BCUT2D eigenvalue weighted by Crippen LogP contribution is 2.29. The van der Waals surface area contributed by atoms with E-state index in [1.165, 1.54) is 12.1 Å². The minimum absolute atomic E-state index is 0.0793. The fourth-order valence-electron chi connectivity index (χ4n) is 2.64. The lowest BCUT2D eigenvalue weighted by molar-refractivity contribution is -0.132. The summed E-state index contributed by atoms with van der Waals surface area (Å²) in [4.78, 5) is 48.7. The predicted octanol–water partition coefficient (Wildman–Crippen LogP) is -0.0824. The Morgan fingerprint density at radius 3 is 2.62 bits per heavy atom. The first-order chi connectivity index (χ1) is 10.0. The number of nitrogens with zero attached hydrogens (tertiary/aromatic N) is 1. The topological polar surface area (TPSA) is 110 Å². The molecule has 0 aromatic heterocycles. The van der Waals surface area contributed by atoms with Crippen molar-refractivity contribution in [1.29, 1.82) is 0 Å². The Morgan fingerprint density at radius 2 is 2.00 bits per heavy atom. The van der Waals surface area contributed by atoms with E-state index in [9.17, 15) is 19.2 Å². The zero-order chi connectivity index (χ0) is 15.1. The molecule has 1 fully saturated rings. The first-order valence-corrected chi connectivity index (χ1v) is 6.58. The summed E-state index contributed by atoms with van der Waals surface area (Å²) in [6, 6.07) is 4.55. The molecule has 0 radical (unpaired) electrons. The second-order valence-electron chi connectivity index (χ2n) is 5.09. The lowest BCUT2D eigenvalue weighted by atomic mass is 9.97. The molecule has 1 atom stereocenters. The van der Waals surface area contributed by atoms with Crippen molar-refractivity contribution < 1.29 is 19.2 Å². The summed E-state index contributed by atoms with van der Waals surface area (Å²) in [5.41, 5.74) is 6.12. The predicted molar refractivity (Wildman–Crippen MR) is 72.1 cm³/mol. The van der Waals surface area contributed by atoms with Crippen LogP contribution in [0.15, 0.2) is 18.2 Å². The zero-order valence-electron chi connectivity index (χ0n) is 11.1. The van der Waals surface area contributed by atoms with Crippen molar-refractivity contribution in [1.82, 2.24) is 10.2 Å². The van der Waals surface area contributed by atoms with Crippen LogP contribution in [-0.4, -0.2) is 35.1 Å². The van der Waals surface area contributed by atoms with Gasteiger partial charge in [0, 0.05) is 18.7 Å². The number of rotatable bonds is 1. The van der Waals surface area contributed by atoms with Crippen LogP contribution in [0.3, 0.4) is 0 Å². The standard InChI is InChI=1S/C14H13N3O4/c15-9-3-1-2-8-11(9)14(21)17(13(8)20)12(19)7-4-5-10(18)16-6-7/h1-3,7H,4-6,15H2,(H,16,18). The molecule has 0 aliphatic carbocycles. The smallest absolute Gasteiger partial charge is 0.270 e. The van der Waals surface area contributed by atoms with E-state index in [4.69, 9.17) is 5.73 Å². The van der Waals surface area contributed by atoms with E-state index in [0.29, 0.717) is 11.3 Å². The molecule has 1 aromatic rings. The number of hydrogen-bond donors (Lipinski definition) is 2. The Balaban J connectivity index is 1.89. The van der Waals surface area contributed by atoms with Gasteiger partial charge in [-0.2, -0.15) is 0 Å².